The average molecular weight is 551 g/mol. The van der Waals surface area contributed by atoms with Gasteiger partial charge >= 0.3 is 10.2 Å². The van der Waals surface area contributed by atoms with Gasteiger partial charge in [0.2, 0.25) is 11.8 Å². The van der Waals surface area contributed by atoms with Gasteiger partial charge in [-0.1, -0.05) is 72.8 Å². The number of rotatable bonds is 12. The summed E-state index contributed by atoms with van der Waals surface area (Å²) in [5.74, 6) is -0.767. The van der Waals surface area contributed by atoms with Crippen molar-refractivity contribution >= 4 is 27.7 Å². The molecule has 0 unspecified atom stereocenters. The molecule has 0 aromatic heterocycles. The fraction of sp³-hybridized carbons (Fsp3) is 0.333. The van der Waals surface area contributed by atoms with Crippen LogP contribution in [0.5, 0.6) is 0 Å². The number of nitrogens with zero attached hydrogens (tertiary/aromatic N) is 3. The lowest BCUT2D eigenvalue weighted by Gasteiger charge is -2.34. The Labute approximate surface area is 232 Å². The molecule has 3 aromatic carbocycles. The second-order valence-electron chi connectivity index (χ2n) is 9.69. The van der Waals surface area contributed by atoms with Crippen LogP contribution in [0.15, 0.2) is 78.9 Å². The van der Waals surface area contributed by atoms with E-state index in [0.29, 0.717) is 12.2 Å². The first-order valence-corrected chi connectivity index (χ1v) is 14.4. The van der Waals surface area contributed by atoms with Gasteiger partial charge in [-0.3, -0.25) is 9.59 Å². The van der Waals surface area contributed by atoms with Crippen LogP contribution in [-0.2, 0) is 32.8 Å². The van der Waals surface area contributed by atoms with Gasteiger partial charge in [0.05, 0.1) is 5.69 Å². The predicted molar refractivity (Wildman–Crippen MR) is 155 cm³/mol. The maximum Gasteiger partial charge on any atom is 0.304 e. The number of hydrogen-bond acceptors (Lipinski definition) is 4. The lowest BCUT2D eigenvalue weighted by molar-refractivity contribution is -0.140. The van der Waals surface area contributed by atoms with E-state index in [1.54, 1.807) is 6.07 Å². The smallest absolute Gasteiger partial charge is 0.304 e. The van der Waals surface area contributed by atoms with E-state index in [1.807, 2.05) is 93.6 Å². The molecule has 0 saturated carbocycles. The third-order valence-electron chi connectivity index (χ3n) is 6.47. The molecule has 0 heterocycles. The molecular formula is C30H38N4O4S. The van der Waals surface area contributed by atoms with Crippen molar-refractivity contribution in [3.8, 4) is 0 Å². The van der Waals surface area contributed by atoms with Crippen LogP contribution in [0.2, 0.25) is 0 Å². The topological polar surface area (TPSA) is 90.0 Å². The van der Waals surface area contributed by atoms with Crippen LogP contribution in [0.3, 0.4) is 0 Å². The molecule has 9 heteroatoms. The minimum atomic E-state index is -4.03. The fourth-order valence-electron chi connectivity index (χ4n) is 4.32. The van der Waals surface area contributed by atoms with Crippen LogP contribution < -0.4 is 9.62 Å². The average Bonchev–Trinajstić information content (AvgIpc) is 2.91. The highest BCUT2D eigenvalue weighted by Gasteiger charge is 2.35. The third-order valence-corrected chi connectivity index (χ3v) is 8.28. The maximum atomic E-state index is 14.2. The van der Waals surface area contributed by atoms with Crippen LogP contribution in [-0.4, -0.2) is 62.7 Å². The van der Waals surface area contributed by atoms with E-state index in [1.165, 1.54) is 19.0 Å². The van der Waals surface area contributed by atoms with Crippen molar-refractivity contribution in [2.45, 2.75) is 39.8 Å². The molecule has 1 atom stereocenters. The molecule has 208 valence electrons. The highest BCUT2D eigenvalue weighted by atomic mass is 32.2. The fourth-order valence-corrected chi connectivity index (χ4v) is 5.43. The van der Waals surface area contributed by atoms with E-state index < -0.39 is 28.7 Å². The standard InChI is InChI=1S/C30H38N4O4S/c1-6-31-30(36)28(20-25-13-9-7-10-14-25)33(21-26-15-11-8-12-16-26)29(35)22-34(39(37,38)32(4)5)27-19-23(2)17-18-24(27)3/h7-19,28H,6,20-22H2,1-5H3,(H,31,36)/t28-/m0/s1. The van der Waals surface area contributed by atoms with Gasteiger partial charge in [-0.25, -0.2) is 4.31 Å². The SMILES string of the molecule is CCNC(=O)[C@H](Cc1ccccc1)N(Cc1ccccc1)C(=O)CN(c1cc(C)ccc1C)S(=O)(=O)N(C)C. The molecule has 1 N–H and O–H groups in total. The Kier molecular flexibility index (Phi) is 10.3. The summed E-state index contributed by atoms with van der Waals surface area (Å²) in [6.45, 7) is 5.61. The lowest BCUT2D eigenvalue weighted by atomic mass is 10.0. The Bertz CT molecular complexity index is 1360. The van der Waals surface area contributed by atoms with Crippen molar-refractivity contribution < 1.29 is 18.0 Å². The van der Waals surface area contributed by atoms with Crippen molar-refractivity contribution in [1.29, 1.82) is 0 Å². The van der Waals surface area contributed by atoms with Crippen molar-refractivity contribution in [3.63, 3.8) is 0 Å². The zero-order chi connectivity index (χ0) is 28.6. The summed E-state index contributed by atoms with van der Waals surface area (Å²) >= 11 is 0. The maximum absolute atomic E-state index is 14.2. The largest absolute Gasteiger partial charge is 0.355 e. The molecular weight excluding hydrogens is 512 g/mol. The van der Waals surface area contributed by atoms with Gasteiger partial charge in [0.25, 0.3) is 0 Å². The molecule has 0 fully saturated rings. The number of carbonyl (C=O) groups is 2. The summed E-state index contributed by atoms with van der Waals surface area (Å²) in [5, 5.41) is 2.86. The normalized spacial score (nSPS) is 12.2. The van der Waals surface area contributed by atoms with Gasteiger partial charge in [-0.2, -0.15) is 12.7 Å². The highest BCUT2D eigenvalue weighted by Crippen LogP contribution is 2.26. The van der Waals surface area contributed by atoms with Gasteiger partial charge in [0, 0.05) is 33.6 Å². The van der Waals surface area contributed by atoms with Gasteiger partial charge in [-0.15, -0.1) is 0 Å². The monoisotopic (exact) mass is 550 g/mol. The Morgan fingerprint density at radius 2 is 1.46 bits per heavy atom. The molecule has 0 aliphatic rings. The first-order chi connectivity index (χ1) is 18.5. The number of amides is 2. The molecule has 3 rings (SSSR count). The minimum Gasteiger partial charge on any atom is -0.355 e. The summed E-state index contributed by atoms with van der Waals surface area (Å²) in [6, 6.07) is 23.5. The van der Waals surface area contributed by atoms with E-state index in [0.717, 1.165) is 30.9 Å². The number of likely N-dealkylation sites (N-methyl/N-ethyl adjacent to an activating group) is 1. The van der Waals surface area contributed by atoms with Gasteiger partial charge in [0.1, 0.15) is 12.6 Å². The molecule has 0 saturated heterocycles. The second kappa shape index (κ2) is 13.4. The zero-order valence-electron chi connectivity index (χ0n) is 23.3. The van der Waals surface area contributed by atoms with Crippen molar-refractivity contribution in [2.24, 2.45) is 0 Å². The van der Waals surface area contributed by atoms with Gasteiger partial charge < -0.3 is 10.2 Å². The van der Waals surface area contributed by atoms with E-state index >= 15 is 0 Å². The van der Waals surface area contributed by atoms with Crippen LogP contribution in [0, 0.1) is 13.8 Å². The number of benzene rings is 3. The van der Waals surface area contributed by atoms with Gasteiger partial charge in [-0.05, 0) is 49.1 Å². The first-order valence-electron chi connectivity index (χ1n) is 13.0. The molecule has 0 aliphatic heterocycles. The van der Waals surface area contributed by atoms with Crippen LogP contribution >= 0.6 is 0 Å². The molecule has 3 aromatic rings. The molecule has 0 bridgehead atoms. The second-order valence-corrected chi connectivity index (χ2v) is 11.8. The third kappa shape index (κ3) is 7.68. The van der Waals surface area contributed by atoms with Crippen molar-refractivity contribution in [2.75, 3.05) is 31.5 Å². The van der Waals surface area contributed by atoms with Crippen molar-refractivity contribution in [1.82, 2.24) is 14.5 Å². The first kappa shape index (κ1) is 29.9. The quantitative estimate of drug-likeness (QED) is 0.373. The summed E-state index contributed by atoms with van der Waals surface area (Å²) < 4.78 is 29.2. The molecule has 2 amide bonds. The number of anilines is 1. The summed E-state index contributed by atoms with van der Waals surface area (Å²) in [4.78, 5) is 29.1. The molecule has 0 spiro atoms. The Balaban J connectivity index is 2.09. The van der Waals surface area contributed by atoms with Crippen molar-refractivity contribution in [3.05, 3.63) is 101 Å². The summed E-state index contributed by atoms with van der Waals surface area (Å²) in [5.41, 5.74) is 3.74. The van der Waals surface area contributed by atoms with E-state index in [4.69, 9.17) is 0 Å². The molecule has 0 radical (unpaired) electrons. The Morgan fingerprint density at radius 3 is 2.03 bits per heavy atom. The highest BCUT2D eigenvalue weighted by molar-refractivity contribution is 7.90. The number of hydrogen-bond donors (Lipinski definition) is 1. The van der Waals surface area contributed by atoms with Crippen LogP contribution in [0.4, 0.5) is 5.69 Å². The Morgan fingerprint density at radius 1 is 0.872 bits per heavy atom. The molecule has 8 nitrogen and oxygen atoms in total. The molecule has 39 heavy (non-hydrogen) atoms. The predicted octanol–water partition coefficient (Wildman–Crippen LogP) is 3.69. The molecule has 0 aliphatic carbocycles. The summed E-state index contributed by atoms with van der Waals surface area (Å²) in [7, 11) is -1.16. The van der Waals surface area contributed by atoms with E-state index in [9.17, 15) is 18.0 Å². The number of carbonyl (C=O) groups excluding carboxylic acids is 2. The van der Waals surface area contributed by atoms with Crippen LogP contribution in [0.25, 0.3) is 0 Å². The number of aryl methyl sites for hydroxylation is 2. The van der Waals surface area contributed by atoms with E-state index in [2.05, 4.69) is 5.32 Å². The Hall–Kier alpha value is -3.69. The lowest BCUT2D eigenvalue weighted by Crippen LogP contribution is -2.54. The zero-order valence-corrected chi connectivity index (χ0v) is 24.1. The summed E-state index contributed by atoms with van der Waals surface area (Å²) in [6.07, 6.45) is 0.287. The van der Waals surface area contributed by atoms with E-state index in [-0.39, 0.29) is 18.9 Å². The van der Waals surface area contributed by atoms with Crippen LogP contribution in [0.1, 0.15) is 29.2 Å². The van der Waals surface area contributed by atoms with Gasteiger partial charge in [0.15, 0.2) is 0 Å². The number of nitrogens with one attached hydrogen (secondary N) is 1. The minimum absolute atomic E-state index is 0.150.